The largest absolute Gasteiger partial charge is 0.392 e. The van der Waals surface area contributed by atoms with Crippen LogP contribution in [0.3, 0.4) is 0 Å². The summed E-state index contributed by atoms with van der Waals surface area (Å²) in [5.41, 5.74) is 0.713. The van der Waals surface area contributed by atoms with Crippen LogP contribution in [0.15, 0.2) is 35.4 Å². The number of nitrogens with zero attached hydrogens (tertiary/aromatic N) is 2. The average molecular weight is 273 g/mol. The zero-order valence-corrected chi connectivity index (χ0v) is 11.3. The number of hydrogen-bond acceptors (Lipinski definition) is 4. The molecule has 0 aliphatic carbocycles. The third-order valence-corrected chi connectivity index (χ3v) is 3.96. The molecular weight excluding hydrogens is 254 g/mol. The van der Waals surface area contributed by atoms with Gasteiger partial charge in [0.05, 0.1) is 23.3 Å². The number of nitrogens with one attached hydrogen (secondary N) is 1. The second-order valence-electron chi connectivity index (χ2n) is 5.32. The zero-order chi connectivity index (χ0) is 13.9. The molecule has 0 unspecified atom stereocenters. The van der Waals surface area contributed by atoms with Gasteiger partial charge in [-0.25, -0.2) is 4.98 Å². The van der Waals surface area contributed by atoms with E-state index in [-0.39, 0.29) is 17.7 Å². The molecule has 0 radical (unpaired) electrons. The minimum atomic E-state index is -0.312. The molecule has 2 heterocycles. The van der Waals surface area contributed by atoms with E-state index < -0.39 is 0 Å². The molecule has 5 nitrogen and oxygen atoms in total. The molecule has 20 heavy (non-hydrogen) atoms. The molecule has 1 fully saturated rings. The highest BCUT2D eigenvalue weighted by Gasteiger charge is 2.22. The van der Waals surface area contributed by atoms with Gasteiger partial charge < -0.3 is 10.4 Å². The first kappa shape index (κ1) is 13.3. The van der Waals surface area contributed by atoms with Gasteiger partial charge in [0.1, 0.15) is 0 Å². The maximum absolute atomic E-state index is 12.3. The Bertz CT molecular complexity index is 653. The van der Waals surface area contributed by atoms with Crippen molar-refractivity contribution in [3.63, 3.8) is 0 Å². The molecule has 1 aromatic heterocycles. The molecule has 5 heteroatoms. The number of benzene rings is 1. The molecule has 1 aliphatic rings. The molecule has 0 saturated carbocycles. The van der Waals surface area contributed by atoms with Crippen molar-refractivity contribution in [1.82, 2.24) is 14.9 Å². The van der Waals surface area contributed by atoms with Gasteiger partial charge in [-0.2, -0.15) is 0 Å². The van der Waals surface area contributed by atoms with Crippen molar-refractivity contribution in [2.45, 2.75) is 38.0 Å². The first-order valence-corrected chi connectivity index (χ1v) is 7.11. The van der Waals surface area contributed by atoms with Crippen LogP contribution in [-0.2, 0) is 6.54 Å². The quantitative estimate of drug-likeness (QED) is 0.872. The van der Waals surface area contributed by atoms with Gasteiger partial charge in [0, 0.05) is 12.6 Å². The third kappa shape index (κ3) is 2.59. The number of aliphatic hydroxyl groups is 1. The summed E-state index contributed by atoms with van der Waals surface area (Å²) in [7, 11) is 0. The van der Waals surface area contributed by atoms with Crippen LogP contribution in [0.5, 0.6) is 0 Å². The fourth-order valence-corrected chi connectivity index (χ4v) is 2.77. The molecule has 2 aromatic rings. The van der Waals surface area contributed by atoms with Crippen LogP contribution < -0.4 is 10.9 Å². The van der Waals surface area contributed by atoms with Crippen LogP contribution in [-0.4, -0.2) is 33.3 Å². The lowest BCUT2D eigenvalue weighted by Crippen LogP contribution is -2.45. The Labute approximate surface area is 117 Å². The standard InChI is InChI=1S/C15H19N3O2/c19-14-6-3-8-16-13(14)7-9-18-10-17-12-5-2-1-4-11(12)15(18)20/h1-2,4-5,10,13-14,16,19H,3,6-9H2/t13-,14+/m1/s1. The Morgan fingerprint density at radius 2 is 2.25 bits per heavy atom. The van der Waals surface area contributed by atoms with E-state index in [1.54, 1.807) is 17.0 Å². The highest BCUT2D eigenvalue weighted by atomic mass is 16.3. The molecule has 2 atom stereocenters. The molecule has 1 saturated heterocycles. The lowest BCUT2D eigenvalue weighted by atomic mass is 9.99. The lowest BCUT2D eigenvalue weighted by molar-refractivity contribution is 0.0901. The van der Waals surface area contributed by atoms with Crippen molar-refractivity contribution in [3.8, 4) is 0 Å². The van der Waals surface area contributed by atoms with Gasteiger partial charge in [-0.15, -0.1) is 0 Å². The van der Waals surface area contributed by atoms with Gasteiger partial charge >= 0.3 is 0 Å². The summed E-state index contributed by atoms with van der Waals surface area (Å²) in [5.74, 6) is 0. The van der Waals surface area contributed by atoms with E-state index in [9.17, 15) is 9.90 Å². The van der Waals surface area contributed by atoms with E-state index in [4.69, 9.17) is 0 Å². The van der Waals surface area contributed by atoms with Crippen molar-refractivity contribution < 1.29 is 5.11 Å². The molecule has 1 aromatic carbocycles. The third-order valence-electron chi connectivity index (χ3n) is 3.96. The first-order valence-electron chi connectivity index (χ1n) is 7.11. The van der Waals surface area contributed by atoms with Gasteiger partial charge in [-0.1, -0.05) is 12.1 Å². The summed E-state index contributed by atoms with van der Waals surface area (Å²) in [6, 6.07) is 7.44. The highest BCUT2D eigenvalue weighted by Crippen LogP contribution is 2.12. The van der Waals surface area contributed by atoms with E-state index in [0.29, 0.717) is 11.9 Å². The molecule has 0 spiro atoms. The number of aliphatic hydroxyl groups excluding tert-OH is 1. The normalized spacial score (nSPS) is 23.1. The Balaban J connectivity index is 1.77. The predicted octanol–water partition coefficient (Wildman–Crippen LogP) is 0.899. The van der Waals surface area contributed by atoms with E-state index >= 15 is 0 Å². The van der Waals surface area contributed by atoms with Gasteiger partial charge in [0.25, 0.3) is 5.56 Å². The van der Waals surface area contributed by atoms with Crippen LogP contribution in [0.2, 0.25) is 0 Å². The number of piperidine rings is 1. The smallest absolute Gasteiger partial charge is 0.261 e. The Morgan fingerprint density at radius 1 is 1.40 bits per heavy atom. The number of aryl methyl sites for hydroxylation is 1. The summed E-state index contributed by atoms with van der Waals surface area (Å²) in [4.78, 5) is 16.6. The highest BCUT2D eigenvalue weighted by molar-refractivity contribution is 5.76. The van der Waals surface area contributed by atoms with E-state index in [1.165, 1.54) is 0 Å². The van der Waals surface area contributed by atoms with Crippen LogP contribution >= 0.6 is 0 Å². The molecule has 0 amide bonds. The van der Waals surface area contributed by atoms with Gasteiger partial charge in [0.15, 0.2) is 0 Å². The molecule has 2 N–H and O–H groups in total. The molecule has 1 aliphatic heterocycles. The van der Waals surface area contributed by atoms with Crippen molar-refractivity contribution in [2.24, 2.45) is 0 Å². The minimum Gasteiger partial charge on any atom is -0.392 e. The minimum absolute atomic E-state index is 0.0131. The second-order valence-corrected chi connectivity index (χ2v) is 5.32. The SMILES string of the molecule is O=c1c2ccccc2ncn1CC[C@H]1NCCC[C@@H]1O. The van der Waals surface area contributed by atoms with E-state index in [2.05, 4.69) is 10.3 Å². The Kier molecular flexibility index (Phi) is 3.80. The zero-order valence-electron chi connectivity index (χ0n) is 11.3. The summed E-state index contributed by atoms with van der Waals surface area (Å²) >= 11 is 0. The van der Waals surface area contributed by atoms with Crippen LogP contribution in [0.4, 0.5) is 0 Å². The molecule has 106 valence electrons. The fourth-order valence-electron chi connectivity index (χ4n) is 2.77. The summed E-state index contributed by atoms with van der Waals surface area (Å²) < 4.78 is 1.63. The number of para-hydroxylation sites is 1. The van der Waals surface area contributed by atoms with Crippen LogP contribution in [0, 0.1) is 0 Å². The number of aromatic nitrogens is 2. The van der Waals surface area contributed by atoms with Crippen LogP contribution in [0.1, 0.15) is 19.3 Å². The van der Waals surface area contributed by atoms with Crippen molar-refractivity contribution in [3.05, 3.63) is 40.9 Å². The Hall–Kier alpha value is -1.72. The molecule has 3 rings (SSSR count). The average Bonchev–Trinajstić information content (AvgIpc) is 2.48. The van der Waals surface area contributed by atoms with Gasteiger partial charge in [0.2, 0.25) is 0 Å². The second kappa shape index (κ2) is 5.73. The topological polar surface area (TPSA) is 67.2 Å². The van der Waals surface area contributed by atoms with E-state index in [1.807, 2.05) is 18.2 Å². The van der Waals surface area contributed by atoms with Crippen molar-refractivity contribution in [2.75, 3.05) is 6.54 Å². The summed E-state index contributed by atoms with van der Waals surface area (Å²) in [6.45, 7) is 1.51. The van der Waals surface area contributed by atoms with Crippen LogP contribution in [0.25, 0.3) is 10.9 Å². The number of fused-ring (bicyclic) bond motifs is 1. The Morgan fingerprint density at radius 3 is 3.10 bits per heavy atom. The first-order chi connectivity index (χ1) is 9.75. The lowest BCUT2D eigenvalue weighted by Gasteiger charge is -2.29. The maximum atomic E-state index is 12.3. The van der Waals surface area contributed by atoms with Crippen molar-refractivity contribution in [1.29, 1.82) is 0 Å². The molecular formula is C15H19N3O2. The summed E-state index contributed by atoms with van der Waals surface area (Å²) in [6.07, 6.45) is 3.87. The fraction of sp³-hybridized carbons (Fsp3) is 0.467. The van der Waals surface area contributed by atoms with Gasteiger partial charge in [-0.3, -0.25) is 9.36 Å². The maximum Gasteiger partial charge on any atom is 0.261 e. The molecule has 0 bridgehead atoms. The van der Waals surface area contributed by atoms with Gasteiger partial charge in [-0.05, 0) is 37.9 Å². The number of hydrogen-bond donors (Lipinski definition) is 2. The monoisotopic (exact) mass is 273 g/mol. The number of rotatable bonds is 3. The predicted molar refractivity (Wildman–Crippen MR) is 77.7 cm³/mol. The van der Waals surface area contributed by atoms with E-state index in [0.717, 1.165) is 31.3 Å². The van der Waals surface area contributed by atoms with Crippen molar-refractivity contribution >= 4 is 10.9 Å². The summed E-state index contributed by atoms with van der Waals surface area (Å²) in [5, 5.41) is 13.9.